The first-order chi connectivity index (χ1) is 7.24. The number of hydrogen-bond donors (Lipinski definition) is 4. The summed E-state index contributed by atoms with van der Waals surface area (Å²) in [5.74, 6) is 0.768. The zero-order chi connectivity index (χ0) is 10.7. The first-order valence-electron chi connectivity index (χ1n) is 4.98. The highest BCUT2D eigenvalue weighted by molar-refractivity contribution is 5.85. The van der Waals surface area contributed by atoms with Crippen molar-refractivity contribution < 1.29 is 0 Å². The molecule has 0 aliphatic carbocycles. The van der Waals surface area contributed by atoms with E-state index in [9.17, 15) is 0 Å². The van der Waals surface area contributed by atoms with Crippen LogP contribution in [-0.2, 0) is 0 Å². The molecule has 0 amide bonds. The molecule has 0 unspecified atom stereocenters. The molecule has 7 nitrogen and oxygen atoms in total. The topological polar surface area (TPSA) is 115 Å². The van der Waals surface area contributed by atoms with Crippen LogP contribution in [-0.4, -0.2) is 34.1 Å². The standard InChI is InChI=1S/C8H15N7.ClH/c9-6-13-7(10)15-8(14-6)12-5-1-3-11-4-2-5;/h5,11H,1-4H2,(H5,9,10,12,13,14,15);1H. The van der Waals surface area contributed by atoms with Crippen LogP contribution in [0.25, 0.3) is 0 Å². The van der Waals surface area contributed by atoms with Gasteiger partial charge in [0.2, 0.25) is 17.8 Å². The van der Waals surface area contributed by atoms with Crippen molar-refractivity contribution in [2.75, 3.05) is 29.9 Å². The van der Waals surface area contributed by atoms with Crippen LogP contribution in [0.3, 0.4) is 0 Å². The number of rotatable bonds is 2. The number of nitrogens with one attached hydrogen (secondary N) is 2. The number of halogens is 1. The number of piperidine rings is 1. The summed E-state index contributed by atoms with van der Waals surface area (Å²) in [7, 11) is 0. The summed E-state index contributed by atoms with van der Waals surface area (Å²) >= 11 is 0. The molecule has 90 valence electrons. The summed E-state index contributed by atoms with van der Waals surface area (Å²) in [4.78, 5) is 11.7. The average molecular weight is 246 g/mol. The van der Waals surface area contributed by atoms with Crippen molar-refractivity contribution in [1.29, 1.82) is 0 Å². The lowest BCUT2D eigenvalue weighted by molar-refractivity contribution is 0.477. The van der Waals surface area contributed by atoms with E-state index in [4.69, 9.17) is 11.5 Å². The van der Waals surface area contributed by atoms with E-state index in [0.29, 0.717) is 12.0 Å². The minimum absolute atomic E-state index is 0. The largest absolute Gasteiger partial charge is 0.368 e. The Morgan fingerprint density at radius 2 is 1.62 bits per heavy atom. The Morgan fingerprint density at radius 1 is 1.06 bits per heavy atom. The summed E-state index contributed by atoms with van der Waals surface area (Å²) in [5.41, 5.74) is 10.9. The molecule has 8 heteroatoms. The van der Waals surface area contributed by atoms with Crippen molar-refractivity contribution in [3.63, 3.8) is 0 Å². The van der Waals surface area contributed by atoms with Gasteiger partial charge in [0.1, 0.15) is 0 Å². The Hall–Kier alpha value is -1.34. The third-order valence-corrected chi connectivity index (χ3v) is 2.34. The molecule has 2 heterocycles. The Kier molecular flexibility index (Phi) is 4.51. The van der Waals surface area contributed by atoms with Gasteiger partial charge in [0.15, 0.2) is 0 Å². The highest BCUT2D eigenvalue weighted by atomic mass is 35.5. The normalized spacial score (nSPS) is 16.5. The molecule has 0 spiro atoms. The van der Waals surface area contributed by atoms with Gasteiger partial charge in [0, 0.05) is 6.04 Å². The third kappa shape index (κ3) is 3.35. The Morgan fingerprint density at radius 3 is 2.19 bits per heavy atom. The van der Waals surface area contributed by atoms with Gasteiger partial charge in [-0.25, -0.2) is 0 Å². The molecule has 1 aliphatic rings. The predicted molar refractivity (Wildman–Crippen MR) is 65.4 cm³/mol. The number of nitrogen functional groups attached to an aromatic ring is 2. The van der Waals surface area contributed by atoms with Crippen molar-refractivity contribution in [3.8, 4) is 0 Å². The molecule has 0 bridgehead atoms. The van der Waals surface area contributed by atoms with E-state index in [1.54, 1.807) is 0 Å². The summed E-state index contributed by atoms with van der Waals surface area (Å²) in [5, 5.41) is 6.48. The van der Waals surface area contributed by atoms with Crippen LogP contribution >= 0.6 is 12.4 Å². The lowest BCUT2D eigenvalue weighted by Gasteiger charge is -2.23. The number of hydrogen-bond acceptors (Lipinski definition) is 7. The van der Waals surface area contributed by atoms with Crippen molar-refractivity contribution in [3.05, 3.63) is 0 Å². The lowest BCUT2D eigenvalue weighted by Crippen LogP contribution is -2.35. The fraction of sp³-hybridized carbons (Fsp3) is 0.625. The highest BCUT2D eigenvalue weighted by Crippen LogP contribution is 2.10. The van der Waals surface area contributed by atoms with Gasteiger partial charge >= 0.3 is 0 Å². The van der Waals surface area contributed by atoms with Crippen LogP contribution in [0.2, 0.25) is 0 Å². The van der Waals surface area contributed by atoms with E-state index in [0.717, 1.165) is 25.9 Å². The smallest absolute Gasteiger partial charge is 0.229 e. The predicted octanol–water partition coefficient (Wildman–Crippen LogP) is -0.378. The lowest BCUT2D eigenvalue weighted by atomic mass is 10.1. The Labute approximate surface area is 99.8 Å². The van der Waals surface area contributed by atoms with Crippen molar-refractivity contribution >= 4 is 30.3 Å². The van der Waals surface area contributed by atoms with Crippen LogP contribution in [0, 0.1) is 0 Å². The van der Waals surface area contributed by atoms with E-state index in [1.807, 2.05) is 0 Å². The zero-order valence-corrected chi connectivity index (χ0v) is 9.63. The quantitative estimate of drug-likeness (QED) is 0.562. The van der Waals surface area contributed by atoms with Crippen molar-refractivity contribution in [2.45, 2.75) is 18.9 Å². The maximum atomic E-state index is 5.47. The summed E-state index contributed by atoms with van der Waals surface area (Å²) in [6.07, 6.45) is 2.09. The molecule has 1 aromatic rings. The summed E-state index contributed by atoms with van der Waals surface area (Å²) in [6, 6.07) is 0.382. The summed E-state index contributed by atoms with van der Waals surface area (Å²) in [6.45, 7) is 2.02. The molecule has 0 atom stereocenters. The van der Waals surface area contributed by atoms with Crippen LogP contribution in [0.15, 0.2) is 0 Å². The van der Waals surface area contributed by atoms with Crippen molar-refractivity contribution in [2.24, 2.45) is 0 Å². The van der Waals surface area contributed by atoms with E-state index < -0.39 is 0 Å². The second-order valence-corrected chi connectivity index (χ2v) is 3.54. The van der Waals surface area contributed by atoms with E-state index in [2.05, 4.69) is 25.6 Å². The zero-order valence-electron chi connectivity index (χ0n) is 8.81. The van der Waals surface area contributed by atoms with Crippen LogP contribution < -0.4 is 22.1 Å². The number of anilines is 3. The molecule has 16 heavy (non-hydrogen) atoms. The minimum atomic E-state index is 0. The molecule has 0 saturated carbocycles. The van der Waals surface area contributed by atoms with Gasteiger partial charge in [-0.2, -0.15) is 15.0 Å². The van der Waals surface area contributed by atoms with Gasteiger partial charge in [-0.1, -0.05) is 0 Å². The molecule has 1 fully saturated rings. The van der Waals surface area contributed by atoms with Gasteiger partial charge in [-0.05, 0) is 25.9 Å². The SMILES string of the molecule is Cl.Nc1nc(N)nc(NC2CCNCC2)n1. The second kappa shape index (κ2) is 5.66. The highest BCUT2D eigenvalue weighted by Gasteiger charge is 2.14. The molecule has 1 aromatic heterocycles. The van der Waals surface area contributed by atoms with Crippen LogP contribution in [0.1, 0.15) is 12.8 Å². The molecule has 1 aliphatic heterocycles. The van der Waals surface area contributed by atoms with E-state index in [-0.39, 0.29) is 24.3 Å². The van der Waals surface area contributed by atoms with Gasteiger partial charge in [-0.3, -0.25) is 0 Å². The van der Waals surface area contributed by atoms with Gasteiger partial charge in [0.25, 0.3) is 0 Å². The van der Waals surface area contributed by atoms with Crippen molar-refractivity contribution in [1.82, 2.24) is 20.3 Å². The Bertz CT molecular complexity index is 319. The maximum Gasteiger partial charge on any atom is 0.229 e. The molecular formula is C8H16ClN7. The third-order valence-electron chi connectivity index (χ3n) is 2.34. The maximum absolute atomic E-state index is 5.47. The monoisotopic (exact) mass is 245 g/mol. The first kappa shape index (κ1) is 12.7. The molecule has 6 N–H and O–H groups in total. The van der Waals surface area contributed by atoms with Gasteiger partial charge in [-0.15, -0.1) is 12.4 Å². The second-order valence-electron chi connectivity index (χ2n) is 3.54. The average Bonchev–Trinajstić information content (AvgIpc) is 2.17. The minimum Gasteiger partial charge on any atom is -0.368 e. The molecule has 2 rings (SSSR count). The number of nitrogens with two attached hydrogens (primary N) is 2. The van der Waals surface area contributed by atoms with Crippen LogP contribution in [0.4, 0.5) is 17.8 Å². The van der Waals surface area contributed by atoms with Crippen LogP contribution in [0.5, 0.6) is 0 Å². The Balaban J connectivity index is 0.00000128. The van der Waals surface area contributed by atoms with Gasteiger partial charge in [0.05, 0.1) is 0 Å². The fourth-order valence-electron chi connectivity index (χ4n) is 1.62. The molecular weight excluding hydrogens is 230 g/mol. The number of aromatic nitrogens is 3. The molecule has 0 radical (unpaired) electrons. The molecule has 1 saturated heterocycles. The fourth-order valence-corrected chi connectivity index (χ4v) is 1.62. The van der Waals surface area contributed by atoms with E-state index in [1.165, 1.54) is 0 Å². The molecule has 0 aromatic carbocycles. The number of nitrogens with zero attached hydrogens (tertiary/aromatic N) is 3. The first-order valence-corrected chi connectivity index (χ1v) is 4.98. The van der Waals surface area contributed by atoms with E-state index >= 15 is 0 Å². The van der Waals surface area contributed by atoms with Gasteiger partial charge < -0.3 is 22.1 Å². The summed E-state index contributed by atoms with van der Waals surface area (Å²) < 4.78 is 0.